The van der Waals surface area contributed by atoms with Crippen LogP contribution in [0, 0.1) is 0 Å². The minimum atomic E-state index is 0.870. The molecule has 0 aromatic heterocycles. The molecule has 0 saturated heterocycles. The van der Waals surface area contributed by atoms with Gasteiger partial charge in [0.1, 0.15) is 11.5 Å². The molecule has 0 saturated carbocycles. The van der Waals surface area contributed by atoms with Gasteiger partial charge in [0.05, 0.1) is 0 Å². The quantitative estimate of drug-likeness (QED) is 0.442. The number of nitrogens with zero attached hydrogens (tertiary/aromatic N) is 1. The van der Waals surface area contributed by atoms with Gasteiger partial charge in [-0.15, -0.1) is 0 Å². The normalized spacial score (nSPS) is 11.8. The van der Waals surface area contributed by atoms with E-state index in [4.69, 9.17) is 4.74 Å². The molecule has 2 nitrogen and oxygen atoms in total. The topological polar surface area (TPSA) is 12.5 Å². The first-order valence-electron chi connectivity index (χ1n) is 9.93. The second-order valence-electron chi connectivity index (χ2n) is 6.96. The van der Waals surface area contributed by atoms with Gasteiger partial charge in [-0.1, -0.05) is 68.7 Å². The molecule has 26 heavy (non-hydrogen) atoms. The van der Waals surface area contributed by atoms with Crippen molar-refractivity contribution in [3.63, 3.8) is 0 Å². The summed E-state index contributed by atoms with van der Waals surface area (Å²) in [7, 11) is 0. The first-order valence-corrected chi connectivity index (χ1v) is 9.93. The second kappa shape index (κ2) is 11.5. The van der Waals surface area contributed by atoms with Gasteiger partial charge in [0, 0.05) is 6.54 Å². The van der Waals surface area contributed by atoms with Crippen LogP contribution in [0.2, 0.25) is 0 Å². The minimum absolute atomic E-state index is 0.870. The molecule has 2 heteroatoms. The van der Waals surface area contributed by atoms with E-state index in [-0.39, 0.29) is 0 Å². The summed E-state index contributed by atoms with van der Waals surface area (Å²) in [6.45, 7) is 10.2. The van der Waals surface area contributed by atoms with Crippen LogP contribution in [0.25, 0.3) is 6.08 Å². The van der Waals surface area contributed by atoms with Crippen molar-refractivity contribution in [3.8, 4) is 11.5 Å². The number of benzene rings is 2. The van der Waals surface area contributed by atoms with Crippen LogP contribution >= 0.6 is 0 Å². The molecule has 0 aliphatic carbocycles. The molecule has 0 unspecified atom stereocenters. The Morgan fingerprint density at radius 2 is 1.42 bits per heavy atom. The Bertz CT molecular complexity index is 638. The molecule has 0 N–H and O–H groups in total. The molecule has 0 heterocycles. The van der Waals surface area contributed by atoms with E-state index < -0.39 is 0 Å². The molecule has 2 aromatic carbocycles. The highest BCUT2D eigenvalue weighted by Crippen LogP contribution is 2.22. The van der Waals surface area contributed by atoms with Crippen molar-refractivity contribution in [2.75, 3.05) is 19.6 Å². The zero-order valence-corrected chi connectivity index (χ0v) is 16.6. The molecule has 0 aliphatic rings. The Morgan fingerprint density at radius 1 is 0.846 bits per heavy atom. The molecule has 2 aromatic rings. The second-order valence-corrected chi connectivity index (χ2v) is 6.96. The van der Waals surface area contributed by atoms with Crippen LogP contribution < -0.4 is 4.74 Å². The van der Waals surface area contributed by atoms with Crippen LogP contribution in [0.4, 0.5) is 0 Å². The smallest absolute Gasteiger partial charge is 0.127 e. The minimum Gasteiger partial charge on any atom is -0.457 e. The van der Waals surface area contributed by atoms with Crippen molar-refractivity contribution in [2.45, 2.75) is 46.5 Å². The van der Waals surface area contributed by atoms with Crippen molar-refractivity contribution in [1.29, 1.82) is 0 Å². The molecule has 0 amide bonds. The lowest BCUT2D eigenvalue weighted by Crippen LogP contribution is -2.27. The third-order valence-electron chi connectivity index (χ3n) is 4.40. The fraction of sp³-hybridized carbons (Fsp3) is 0.417. The van der Waals surface area contributed by atoms with Gasteiger partial charge in [-0.2, -0.15) is 0 Å². The van der Waals surface area contributed by atoms with Gasteiger partial charge in [0.15, 0.2) is 0 Å². The van der Waals surface area contributed by atoms with Crippen molar-refractivity contribution in [1.82, 2.24) is 4.90 Å². The summed E-state index contributed by atoms with van der Waals surface area (Å²) >= 11 is 0. The zero-order chi connectivity index (χ0) is 18.6. The predicted octanol–water partition coefficient (Wildman–Crippen LogP) is 6.78. The van der Waals surface area contributed by atoms with E-state index in [9.17, 15) is 0 Å². The van der Waals surface area contributed by atoms with E-state index in [1.807, 2.05) is 42.5 Å². The number of hydrogen-bond donors (Lipinski definition) is 0. The van der Waals surface area contributed by atoms with Crippen molar-refractivity contribution in [3.05, 3.63) is 65.7 Å². The van der Waals surface area contributed by atoms with Crippen molar-refractivity contribution < 1.29 is 4.74 Å². The predicted molar refractivity (Wildman–Crippen MR) is 113 cm³/mol. The standard InChI is InChI=1S/C24H33NO/c1-4-6-17-25(18-7-5-2)20-21(3)19-22-13-15-24(16-14-22)26-23-11-9-8-10-12-23/h8-16,19H,4-7,17-18,20H2,1-3H3. The summed E-state index contributed by atoms with van der Waals surface area (Å²) in [5.74, 6) is 1.74. The van der Waals surface area contributed by atoms with E-state index in [1.54, 1.807) is 0 Å². The van der Waals surface area contributed by atoms with Gasteiger partial charge in [-0.05, 0) is 62.7 Å². The number of para-hydroxylation sites is 1. The molecule has 0 aliphatic heterocycles. The van der Waals surface area contributed by atoms with Gasteiger partial charge in [-0.25, -0.2) is 0 Å². The Kier molecular flexibility index (Phi) is 8.99. The lowest BCUT2D eigenvalue weighted by Gasteiger charge is -2.22. The summed E-state index contributed by atoms with van der Waals surface area (Å²) < 4.78 is 5.86. The van der Waals surface area contributed by atoms with Crippen LogP contribution in [-0.4, -0.2) is 24.5 Å². The Balaban J connectivity index is 1.94. The molecule has 0 bridgehead atoms. The first-order chi connectivity index (χ1) is 12.7. The average molecular weight is 352 g/mol. The van der Waals surface area contributed by atoms with E-state index in [1.165, 1.54) is 49.9 Å². The Labute approximate surface area is 159 Å². The summed E-state index contributed by atoms with van der Waals surface area (Å²) in [5.41, 5.74) is 2.64. The summed E-state index contributed by atoms with van der Waals surface area (Å²) in [6, 6.07) is 18.2. The van der Waals surface area contributed by atoms with Crippen molar-refractivity contribution >= 4 is 6.08 Å². The monoisotopic (exact) mass is 351 g/mol. The van der Waals surface area contributed by atoms with Crippen LogP contribution in [0.5, 0.6) is 11.5 Å². The number of unbranched alkanes of at least 4 members (excludes halogenated alkanes) is 2. The number of hydrogen-bond acceptors (Lipinski definition) is 2. The van der Waals surface area contributed by atoms with Crippen LogP contribution in [0.3, 0.4) is 0 Å². The summed E-state index contributed by atoms with van der Waals surface area (Å²) in [6.07, 6.45) is 7.37. The van der Waals surface area contributed by atoms with Gasteiger partial charge in [0.2, 0.25) is 0 Å². The molecular weight excluding hydrogens is 318 g/mol. The fourth-order valence-corrected chi connectivity index (χ4v) is 2.97. The third kappa shape index (κ3) is 7.45. The van der Waals surface area contributed by atoms with Gasteiger partial charge in [-0.3, -0.25) is 4.90 Å². The fourth-order valence-electron chi connectivity index (χ4n) is 2.97. The lowest BCUT2D eigenvalue weighted by atomic mass is 10.1. The van der Waals surface area contributed by atoms with Crippen LogP contribution in [0.1, 0.15) is 52.0 Å². The third-order valence-corrected chi connectivity index (χ3v) is 4.40. The molecule has 0 spiro atoms. The lowest BCUT2D eigenvalue weighted by molar-refractivity contribution is 0.287. The molecule has 2 rings (SSSR count). The summed E-state index contributed by atoms with van der Waals surface area (Å²) in [4.78, 5) is 2.59. The van der Waals surface area contributed by atoms with E-state index in [0.717, 1.165) is 18.0 Å². The van der Waals surface area contributed by atoms with Crippen LogP contribution in [0.15, 0.2) is 60.2 Å². The molecule has 140 valence electrons. The van der Waals surface area contributed by atoms with Crippen LogP contribution in [-0.2, 0) is 0 Å². The summed E-state index contributed by atoms with van der Waals surface area (Å²) in [5, 5.41) is 0. The molecular formula is C24H33NO. The van der Waals surface area contributed by atoms with Gasteiger partial charge >= 0.3 is 0 Å². The number of ether oxygens (including phenoxy) is 1. The Hall–Kier alpha value is -2.06. The average Bonchev–Trinajstić information content (AvgIpc) is 2.66. The van der Waals surface area contributed by atoms with E-state index >= 15 is 0 Å². The largest absolute Gasteiger partial charge is 0.457 e. The SMILES string of the molecule is CCCCN(CCCC)CC(C)=Cc1ccc(Oc2ccccc2)cc1. The first kappa shape index (κ1) is 20.3. The maximum atomic E-state index is 5.86. The highest BCUT2D eigenvalue weighted by Gasteiger charge is 2.05. The molecule has 0 radical (unpaired) electrons. The van der Waals surface area contributed by atoms with E-state index in [0.29, 0.717) is 0 Å². The van der Waals surface area contributed by atoms with E-state index in [2.05, 4.69) is 43.9 Å². The number of rotatable bonds is 11. The maximum absolute atomic E-state index is 5.86. The molecule has 0 fully saturated rings. The van der Waals surface area contributed by atoms with Gasteiger partial charge < -0.3 is 4.74 Å². The van der Waals surface area contributed by atoms with Gasteiger partial charge in [0.25, 0.3) is 0 Å². The zero-order valence-electron chi connectivity index (χ0n) is 16.6. The van der Waals surface area contributed by atoms with Crippen molar-refractivity contribution in [2.24, 2.45) is 0 Å². The maximum Gasteiger partial charge on any atom is 0.127 e. The highest BCUT2D eigenvalue weighted by molar-refractivity contribution is 5.54. The molecule has 0 atom stereocenters. The highest BCUT2D eigenvalue weighted by atomic mass is 16.5. The Morgan fingerprint density at radius 3 is 2.00 bits per heavy atom.